The van der Waals surface area contributed by atoms with Gasteiger partial charge in [-0.05, 0) is 30.9 Å². The second-order valence-electron chi connectivity index (χ2n) is 4.57. The first-order chi connectivity index (χ1) is 8.15. The highest BCUT2D eigenvalue weighted by Gasteiger charge is 2.17. The van der Waals surface area contributed by atoms with Gasteiger partial charge in [0.1, 0.15) is 0 Å². The maximum Gasteiger partial charge on any atom is 0.191 e. The second-order valence-corrected chi connectivity index (χ2v) is 6.37. The fraction of sp³-hybridized carbons (Fsp3) is 0.583. The number of piperidine rings is 1. The first-order valence-electron chi connectivity index (χ1n) is 5.94. The van der Waals surface area contributed by atoms with Crippen molar-refractivity contribution in [3.05, 3.63) is 21.3 Å². The zero-order valence-corrected chi connectivity index (χ0v) is 14.3. The van der Waals surface area contributed by atoms with Gasteiger partial charge in [-0.15, -0.1) is 35.3 Å². The van der Waals surface area contributed by atoms with Crippen LogP contribution in [0.4, 0.5) is 0 Å². The predicted octanol–water partition coefficient (Wildman–Crippen LogP) is 3.57. The summed E-state index contributed by atoms with van der Waals surface area (Å²) in [5, 5.41) is 0. The quantitative estimate of drug-likeness (QED) is 0.469. The van der Waals surface area contributed by atoms with Crippen molar-refractivity contribution in [3.63, 3.8) is 0 Å². The lowest BCUT2D eigenvalue weighted by Crippen LogP contribution is -2.43. The molecule has 2 heterocycles. The number of aliphatic imine (C=N–C) groups is 1. The normalized spacial score (nSPS) is 20.7. The molecule has 0 aliphatic carbocycles. The third kappa shape index (κ3) is 4.59. The first-order valence-corrected chi connectivity index (χ1v) is 7.13. The lowest BCUT2D eigenvalue weighted by molar-refractivity contribution is 0.270. The summed E-state index contributed by atoms with van der Waals surface area (Å²) >= 11 is 7.43. The Hall–Kier alpha value is -0.0100. The molecule has 102 valence electrons. The van der Waals surface area contributed by atoms with E-state index in [9.17, 15) is 0 Å². The van der Waals surface area contributed by atoms with Crippen LogP contribution < -0.4 is 5.73 Å². The standard InChI is InChI=1S/C12H18ClN3S.HI/c1-9-3-2-6-16(8-9)12(14)15-7-10-4-5-11(13)17-10;/h4-5,9H,2-3,6-8H2,1H3,(H2,14,15);1H. The molecule has 0 amide bonds. The predicted molar refractivity (Wildman–Crippen MR) is 90.0 cm³/mol. The summed E-state index contributed by atoms with van der Waals surface area (Å²) in [6, 6.07) is 3.90. The highest BCUT2D eigenvalue weighted by Crippen LogP contribution is 2.22. The molecule has 1 unspecified atom stereocenters. The summed E-state index contributed by atoms with van der Waals surface area (Å²) in [6.07, 6.45) is 2.51. The summed E-state index contributed by atoms with van der Waals surface area (Å²) in [6.45, 7) is 4.96. The molecule has 2 N–H and O–H groups in total. The van der Waals surface area contributed by atoms with Crippen LogP contribution in [0.2, 0.25) is 4.34 Å². The fourth-order valence-corrected chi connectivity index (χ4v) is 3.11. The molecular formula is C12H19ClIN3S. The number of thiophene rings is 1. The SMILES string of the molecule is CC1CCCN(C(N)=NCc2ccc(Cl)s2)C1.I. The van der Waals surface area contributed by atoms with Crippen LogP contribution in [-0.2, 0) is 6.54 Å². The van der Waals surface area contributed by atoms with E-state index in [-0.39, 0.29) is 24.0 Å². The molecule has 1 aliphatic heterocycles. The zero-order valence-electron chi connectivity index (χ0n) is 10.4. The zero-order chi connectivity index (χ0) is 12.3. The van der Waals surface area contributed by atoms with Gasteiger partial charge in [0.05, 0.1) is 10.9 Å². The number of rotatable bonds is 2. The molecule has 1 atom stereocenters. The van der Waals surface area contributed by atoms with Crippen molar-refractivity contribution < 1.29 is 0 Å². The largest absolute Gasteiger partial charge is 0.370 e. The lowest BCUT2D eigenvalue weighted by Gasteiger charge is -2.31. The van der Waals surface area contributed by atoms with Crippen molar-refractivity contribution in [2.45, 2.75) is 26.3 Å². The molecule has 0 bridgehead atoms. The molecule has 18 heavy (non-hydrogen) atoms. The Balaban J connectivity index is 0.00000162. The van der Waals surface area contributed by atoms with E-state index in [4.69, 9.17) is 17.3 Å². The van der Waals surface area contributed by atoms with Gasteiger partial charge >= 0.3 is 0 Å². The van der Waals surface area contributed by atoms with E-state index in [1.54, 1.807) is 11.3 Å². The van der Waals surface area contributed by atoms with E-state index in [0.29, 0.717) is 18.4 Å². The first kappa shape index (κ1) is 16.0. The Labute approximate surface area is 134 Å². The lowest BCUT2D eigenvalue weighted by atomic mass is 10.0. The van der Waals surface area contributed by atoms with Crippen LogP contribution in [0.15, 0.2) is 17.1 Å². The maximum atomic E-state index is 6.01. The Morgan fingerprint density at radius 1 is 1.61 bits per heavy atom. The van der Waals surface area contributed by atoms with Crippen molar-refractivity contribution in [1.82, 2.24) is 4.90 Å². The van der Waals surface area contributed by atoms with Crippen molar-refractivity contribution >= 4 is 52.9 Å². The Morgan fingerprint density at radius 2 is 2.39 bits per heavy atom. The number of halogens is 2. The molecule has 1 fully saturated rings. The van der Waals surface area contributed by atoms with Gasteiger partial charge in [0.15, 0.2) is 5.96 Å². The molecule has 1 aromatic heterocycles. The van der Waals surface area contributed by atoms with Crippen molar-refractivity contribution in [2.24, 2.45) is 16.6 Å². The number of likely N-dealkylation sites (tertiary alicyclic amines) is 1. The van der Waals surface area contributed by atoms with Crippen LogP contribution in [0.25, 0.3) is 0 Å². The van der Waals surface area contributed by atoms with E-state index in [1.165, 1.54) is 12.8 Å². The van der Waals surface area contributed by atoms with Gasteiger partial charge in [-0.25, -0.2) is 4.99 Å². The van der Waals surface area contributed by atoms with Gasteiger partial charge < -0.3 is 10.6 Å². The smallest absolute Gasteiger partial charge is 0.191 e. The molecule has 0 saturated carbocycles. The maximum absolute atomic E-state index is 6.01. The van der Waals surface area contributed by atoms with Gasteiger partial charge in [0, 0.05) is 18.0 Å². The van der Waals surface area contributed by atoms with Crippen molar-refractivity contribution in [2.75, 3.05) is 13.1 Å². The summed E-state index contributed by atoms with van der Waals surface area (Å²) in [7, 11) is 0. The van der Waals surface area contributed by atoms with Crippen molar-refractivity contribution in [1.29, 1.82) is 0 Å². The van der Waals surface area contributed by atoms with E-state index in [0.717, 1.165) is 22.3 Å². The van der Waals surface area contributed by atoms with E-state index in [1.807, 2.05) is 12.1 Å². The van der Waals surface area contributed by atoms with E-state index < -0.39 is 0 Å². The average Bonchev–Trinajstić information content (AvgIpc) is 2.72. The molecule has 0 aromatic carbocycles. The molecule has 6 heteroatoms. The summed E-state index contributed by atoms with van der Waals surface area (Å²) < 4.78 is 0.806. The van der Waals surface area contributed by atoms with Crippen LogP contribution in [0.5, 0.6) is 0 Å². The molecule has 0 radical (unpaired) electrons. The Morgan fingerprint density at radius 3 is 3.00 bits per heavy atom. The van der Waals surface area contributed by atoms with Gasteiger partial charge in [-0.1, -0.05) is 18.5 Å². The van der Waals surface area contributed by atoms with Crippen LogP contribution in [0.1, 0.15) is 24.6 Å². The number of nitrogens with two attached hydrogens (primary N) is 1. The minimum Gasteiger partial charge on any atom is -0.370 e. The van der Waals surface area contributed by atoms with E-state index >= 15 is 0 Å². The number of hydrogen-bond acceptors (Lipinski definition) is 2. The third-order valence-corrected chi connectivity index (χ3v) is 4.22. The number of guanidine groups is 1. The molecule has 2 rings (SSSR count). The average molecular weight is 400 g/mol. The van der Waals surface area contributed by atoms with Gasteiger partial charge in [-0.3, -0.25) is 0 Å². The highest BCUT2D eigenvalue weighted by molar-refractivity contribution is 14.0. The summed E-state index contributed by atoms with van der Waals surface area (Å²) in [5.41, 5.74) is 6.01. The Bertz CT molecular complexity index is 408. The summed E-state index contributed by atoms with van der Waals surface area (Å²) in [4.78, 5) is 7.78. The number of nitrogens with zero attached hydrogens (tertiary/aromatic N) is 2. The monoisotopic (exact) mass is 399 g/mol. The van der Waals surface area contributed by atoms with Crippen LogP contribution in [0, 0.1) is 5.92 Å². The van der Waals surface area contributed by atoms with Crippen LogP contribution in [0.3, 0.4) is 0 Å². The minimum absolute atomic E-state index is 0. The molecule has 1 aromatic rings. The molecule has 0 spiro atoms. The number of hydrogen-bond donors (Lipinski definition) is 1. The molecular weight excluding hydrogens is 381 g/mol. The van der Waals surface area contributed by atoms with Gasteiger partial charge in [-0.2, -0.15) is 0 Å². The van der Waals surface area contributed by atoms with Gasteiger partial charge in [0.2, 0.25) is 0 Å². The van der Waals surface area contributed by atoms with Crippen molar-refractivity contribution in [3.8, 4) is 0 Å². The molecule has 3 nitrogen and oxygen atoms in total. The van der Waals surface area contributed by atoms with Crippen LogP contribution in [-0.4, -0.2) is 23.9 Å². The second kappa shape index (κ2) is 7.55. The van der Waals surface area contributed by atoms with E-state index in [2.05, 4.69) is 16.8 Å². The molecule has 1 aliphatic rings. The Kier molecular flexibility index (Phi) is 6.73. The van der Waals surface area contributed by atoms with Gasteiger partial charge in [0.25, 0.3) is 0 Å². The summed E-state index contributed by atoms with van der Waals surface area (Å²) in [5.74, 6) is 1.38. The highest BCUT2D eigenvalue weighted by atomic mass is 127. The third-order valence-electron chi connectivity index (χ3n) is 3.01. The topological polar surface area (TPSA) is 41.6 Å². The minimum atomic E-state index is 0. The van der Waals surface area contributed by atoms with Crippen LogP contribution >= 0.6 is 46.9 Å². The fourth-order valence-electron chi connectivity index (χ4n) is 2.09. The molecule has 1 saturated heterocycles.